The number of piperazine rings is 2. The highest BCUT2D eigenvalue weighted by molar-refractivity contribution is 6.00. The molecule has 1 aliphatic carbocycles. The molecule has 2 N–H and O–H groups in total. The van der Waals surface area contributed by atoms with Crippen molar-refractivity contribution < 1.29 is 14.4 Å². The molecule has 3 atom stereocenters. The first kappa shape index (κ1) is 30.1. The Hall–Kier alpha value is -3.39. The zero-order valence-electron chi connectivity index (χ0n) is 26.0. The lowest BCUT2D eigenvalue weighted by Crippen LogP contribution is -2.67. The van der Waals surface area contributed by atoms with Crippen LogP contribution in [0.2, 0.25) is 0 Å². The van der Waals surface area contributed by atoms with Crippen LogP contribution >= 0.6 is 0 Å². The van der Waals surface area contributed by atoms with Gasteiger partial charge in [-0.05, 0) is 87.7 Å². The number of hydrogen-bond donors (Lipinski definition) is 2. The predicted octanol–water partition coefficient (Wildman–Crippen LogP) is 3.55. The van der Waals surface area contributed by atoms with Crippen molar-refractivity contribution >= 4 is 23.4 Å². The molecule has 5 rings (SSSR count). The molecule has 3 aliphatic rings. The monoisotopic (exact) mass is 573 g/mol. The van der Waals surface area contributed by atoms with Gasteiger partial charge in [0.15, 0.2) is 0 Å². The van der Waals surface area contributed by atoms with Gasteiger partial charge in [0.2, 0.25) is 17.7 Å². The number of benzene rings is 2. The third-order valence-corrected chi connectivity index (χ3v) is 8.78. The molecule has 2 aliphatic heterocycles. The van der Waals surface area contributed by atoms with E-state index in [9.17, 15) is 14.4 Å². The first-order valence-corrected chi connectivity index (χ1v) is 15.5. The molecule has 0 spiro atoms. The van der Waals surface area contributed by atoms with Gasteiger partial charge < -0.3 is 25.3 Å². The minimum absolute atomic E-state index is 0.0515. The Morgan fingerprint density at radius 3 is 2.21 bits per heavy atom. The lowest BCUT2D eigenvalue weighted by molar-refractivity contribution is -0.158. The zero-order valence-corrected chi connectivity index (χ0v) is 26.0. The van der Waals surface area contributed by atoms with Crippen molar-refractivity contribution in [3.05, 3.63) is 65.2 Å². The standard InChI is InChI=1S/C34H47N5O3/c1-22(2)18-28-31(40)35-29(26-19-23-10-7-8-11-24(23)20-26)33(42)39(28)30(32(41)36-34(3,4)5)25-12-9-13-27(21-25)38-16-14-37(6)15-17-38/h7-13,21-22,26,28-30H,14-20H2,1-6H3,(H,35,40)(H,36,41)/t28-,29-,30-/m1/s1. The van der Waals surface area contributed by atoms with Gasteiger partial charge >= 0.3 is 0 Å². The van der Waals surface area contributed by atoms with E-state index in [0.29, 0.717) is 6.42 Å². The Bertz CT molecular complexity index is 1290. The first-order chi connectivity index (χ1) is 19.9. The zero-order chi connectivity index (χ0) is 30.2. The van der Waals surface area contributed by atoms with Gasteiger partial charge in [-0.1, -0.05) is 50.2 Å². The summed E-state index contributed by atoms with van der Waals surface area (Å²) in [6.07, 6.45) is 1.94. The smallest absolute Gasteiger partial charge is 0.247 e. The normalized spacial score (nSPS) is 22.7. The van der Waals surface area contributed by atoms with Gasteiger partial charge in [-0.15, -0.1) is 0 Å². The number of hydrogen-bond acceptors (Lipinski definition) is 5. The Morgan fingerprint density at radius 2 is 1.62 bits per heavy atom. The molecule has 2 aromatic rings. The number of nitrogens with zero attached hydrogens (tertiary/aromatic N) is 3. The highest BCUT2D eigenvalue weighted by atomic mass is 16.2. The number of rotatable bonds is 7. The van der Waals surface area contributed by atoms with Crippen molar-refractivity contribution in [2.75, 3.05) is 38.1 Å². The van der Waals surface area contributed by atoms with Crippen LogP contribution in [0.25, 0.3) is 0 Å². The quantitative estimate of drug-likeness (QED) is 0.529. The molecular formula is C34H47N5O3. The maximum Gasteiger partial charge on any atom is 0.247 e. The molecule has 8 nitrogen and oxygen atoms in total. The lowest BCUT2D eigenvalue weighted by atomic mass is 9.87. The van der Waals surface area contributed by atoms with Crippen molar-refractivity contribution in [3.63, 3.8) is 0 Å². The maximum absolute atomic E-state index is 14.6. The minimum atomic E-state index is -0.926. The molecule has 0 unspecified atom stereocenters. The molecule has 2 saturated heterocycles. The van der Waals surface area contributed by atoms with Crippen LogP contribution in [-0.4, -0.2) is 78.4 Å². The van der Waals surface area contributed by atoms with Crippen molar-refractivity contribution in [2.45, 2.75) is 77.5 Å². The highest BCUT2D eigenvalue weighted by Crippen LogP contribution is 2.36. The molecule has 0 aromatic heterocycles. The summed E-state index contributed by atoms with van der Waals surface area (Å²) < 4.78 is 0. The van der Waals surface area contributed by atoms with Crippen molar-refractivity contribution in [1.29, 1.82) is 0 Å². The topological polar surface area (TPSA) is 85.0 Å². The van der Waals surface area contributed by atoms with Gasteiger partial charge in [0.1, 0.15) is 18.1 Å². The van der Waals surface area contributed by atoms with E-state index in [-0.39, 0.29) is 29.6 Å². The van der Waals surface area contributed by atoms with Crippen LogP contribution in [0, 0.1) is 11.8 Å². The van der Waals surface area contributed by atoms with E-state index in [2.05, 4.69) is 45.7 Å². The highest BCUT2D eigenvalue weighted by Gasteiger charge is 2.49. The summed E-state index contributed by atoms with van der Waals surface area (Å²) in [5.74, 6) is -0.496. The van der Waals surface area contributed by atoms with Crippen LogP contribution in [-0.2, 0) is 27.2 Å². The van der Waals surface area contributed by atoms with Gasteiger partial charge in [0, 0.05) is 37.4 Å². The molecule has 0 bridgehead atoms. The van der Waals surface area contributed by atoms with Crippen molar-refractivity contribution in [1.82, 2.24) is 20.4 Å². The van der Waals surface area contributed by atoms with Gasteiger partial charge in [-0.25, -0.2) is 0 Å². The molecule has 8 heteroatoms. The Morgan fingerprint density at radius 1 is 0.976 bits per heavy atom. The van der Waals surface area contributed by atoms with Crippen LogP contribution < -0.4 is 15.5 Å². The number of fused-ring (bicyclic) bond motifs is 1. The third-order valence-electron chi connectivity index (χ3n) is 8.78. The van der Waals surface area contributed by atoms with E-state index in [4.69, 9.17) is 0 Å². The summed E-state index contributed by atoms with van der Waals surface area (Å²) in [4.78, 5) is 49.0. The molecule has 226 valence electrons. The summed E-state index contributed by atoms with van der Waals surface area (Å²) in [6, 6.07) is 13.9. The second-order valence-corrected chi connectivity index (χ2v) is 13.8. The second kappa shape index (κ2) is 12.1. The van der Waals surface area contributed by atoms with E-state index in [0.717, 1.165) is 50.3 Å². The van der Waals surface area contributed by atoms with Crippen molar-refractivity contribution in [3.8, 4) is 0 Å². The van der Waals surface area contributed by atoms with Gasteiger partial charge in [0.25, 0.3) is 0 Å². The molecule has 2 heterocycles. The van der Waals surface area contributed by atoms with E-state index in [1.54, 1.807) is 4.90 Å². The van der Waals surface area contributed by atoms with Crippen LogP contribution in [0.5, 0.6) is 0 Å². The number of amides is 3. The third kappa shape index (κ3) is 6.48. The average Bonchev–Trinajstić information content (AvgIpc) is 3.36. The SMILES string of the molecule is CC(C)C[C@@H]1C(=O)N[C@H](C2Cc3ccccc3C2)C(=O)N1[C@@H](C(=O)NC(C)(C)C)c1cccc(N2CCN(C)CC2)c1. The first-order valence-electron chi connectivity index (χ1n) is 15.5. The molecule has 2 aromatic carbocycles. The van der Waals surface area contributed by atoms with Crippen LogP contribution in [0.4, 0.5) is 5.69 Å². The molecule has 0 saturated carbocycles. The number of carbonyl (C=O) groups is 3. The van der Waals surface area contributed by atoms with Crippen molar-refractivity contribution in [2.24, 2.45) is 11.8 Å². The van der Waals surface area contributed by atoms with E-state index in [1.165, 1.54) is 11.1 Å². The van der Waals surface area contributed by atoms with Crippen LogP contribution in [0.1, 0.15) is 63.8 Å². The van der Waals surface area contributed by atoms with Gasteiger partial charge in [-0.2, -0.15) is 0 Å². The number of likely N-dealkylation sites (N-methyl/N-ethyl adjacent to an activating group) is 1. The molecular weight excluding hydrogens is 526 g/mol. The van der Waals surface area contributed by atoms with E-state index >= 15 is 0 Å². The van der Waals surface area contributed by atoms with Crippen LogP contribution in [0.15, 0.2) is 48.5 Å². The van der Waals surface area contributed by atoms with Gasteiger partial charge in [0.05, 0.1) is 0 Å². The number of anilines is 1. The number of nitrogens with one attached hydrogen (secondary N) is 2. The summed E-state index contributed by atoms with van der Waals surface area (Å²) >= 11 is 0. The average molecular weight is 574 g/mol. The second-order valence-electron chi connectivity index (χ2n) is 13.8. The van der Waals surface area contributed by atoms with E-state index in [1.807, 2.05) is 65.0 Å². The van der Waals surface area contributed by atoms with Gasteiger partial charge in [-0.3, -0.25) is 14.4 Å². The largest absolute Gasteiger partial charge is 0.369 e. The minimum Gasteiger partial charge on any atom is -0.369 e. The predicted molar refractivity (Wildman–Crippen MR) is 166 cm³/mol. The Balaban J connectivity index is 1.55. The molecule has 0 radical (unpaired) electrons. The molecule has 3 amide bonds. The fourth-order valence-electron chi connectivity index (χ4n) is 6.71. The Labute approximate surface area is 250 Å². The lowest BCUT2D eigenvalue weighted by Gasteiger charge is -2.45. The fraction of sp³-hybridized carbons (Fsp3) is 0.559. The van der Waals surface area contributed by atoms with E-state index < -0.39 is 23.7 Å². The summed E-state index contributed by atoms with van der Waals surface area (Å²) in [7, 11) is 2.13. The molecule has 2 fully saturated rings. The summed E-state index contributed by atoms with van der Waals surface area (Å²) in [6.45, 7) is 13.6. The number of carbonyl (C=O) groups excluding carboxylic acids is 3. The fourth-order valence-corrected chi connectivity index (χ4v) is 6.71. The summed E-state index contributed by atoms with van der Waals surface area (Å²) in [5, 5.41) is 6.26. The van der Waals surface area contributed by atoms with Crippen LogP contribution in [0.3, 0.4) is 0 Å². The molecule has 42 heavy (non-hydrogen) atoms. The maximum atomic E-state index is 14.6. The Kier molecular flexibility index (Phi) is 8.65. The summed E-state index contributed by atoms with van der Waals surface area (Å²) in [5.41, 5.74) is 3.71.